The molecule has 1 aliphatic rings. The van der Waals surface area contributed by atoms with Crippen LogP contribution in [0.4, 0.5) is 0 Å². The zero-order valence-corrected chi connectivity index (χ0v) is 24.5. The van der Waals surface area contributed by atoms with E-state index in [2.05, 4.69) is 5.32 Å². The number of carbonyl (C=O) groups is 2. The van der Waals surface area contributed by atoms with Gasteiger partial charge >= 0.3 is 0 Å². The van der Waals surface area contributed by atoms with Gasteiger partial charge in [0.2, 0.25) is 11.8 Å². The first-order valence-electron chi connectivity index (χ1n) is 11.7. The number of nitrogens with zero attached hydrogens (tertiary/aromatic N) is 1. The van der Waals surface area contributed by atoms with Crippen LogP contribution in [0.15, 0.2) is 42.0 Å². The zero-order valence-electron chi connectivity index (χ0n) is 20.8. The molecule has 0 aromatic heterocycles. The molecule has 0 saturated carbocycles. The molecule has 1 aliphatic carbocycles. The van der Waals surface area contributed by atoms with Crippen molar-refractivity contribution in [3.8, 4) is 11.5 Å². The Balaban J connectivity index is 2.01. The highest BCUT2D eigenvalue weighted by Gasteiger charge is 2.40. The number of halogens is 3. The van der Waals surface area contributed by atoms with Gasteiger partial charge in [0.1, 0.15) is 12.2 Å². The zero-order chi connectivity index (χ0) is 28.0. The standard InChI is InChI=1S/C26H29Cl2IN2O7/c1-14(34)31(12-16-3-4-18(27)11-19(16)28)21-9-17(26(36)30-5-6-32)10-22(24(21)35)38-25-20(29)7-15(13-33)8-23(25)37-2/h3-4,7-8,10-11,21-22,24,32-33,35H,5-6,9,12-13H2,1-2H3,(H,30,36). The summed E-state index contributed by atoms with van der Waals surface area (Å²) in [7, 11) is 1.45. The summed E-state index contributed by atoms with van der Waals surface area (Å²) in [5, 5.41) is 33.6. The van der Waals surface area contributed by atoms with E-state index < -0.39 is 24.2 Å². The SMILES string of the molecule is COc1cc(CO)cc(I)c1OC1C=C(C(=O)NCCO)CC(N(Cc2ccc(Cl)cc2Cl)C(C)=O)C1O. The third-order valence-corrected chi connectivity index (χ3v) is 7.49. The van der Waals surface area contributed by atoms with Crippen molar-refractivity contribution in [2.24, 2.45) is 0 Å². The number of hydrogen-bond acceptors (Lipinski definition) is 7. The molecule has 0 aliphatic heterocycles. The fraction of sp³-hybridized carbons (Fsp3) is 0.385. The quantitative estimate of drug-likeness (QED) is 0.285. The monoisotopic (exact) mass is 678 g/mol. The number of aliphatic hydroxyl groups is 3. The highest BCUT2D eigenvalue weighted by atomic mass is 127. The number of benzene rings is 2. The van der Waals surface area contributed by atoms with Crippen molar-refractivity contribution in [1.82, 2.24) is 10.2 Å². The van der Waals surface area contributed by atoms with Crippen LogP contribution < -0.4 is 14.8 Å². The van der Waals surface area contributed by atoms with Crippen LogP contribution in [0.5, 0.6) is 11.5 Å². The molecule has 0 bridgehead atoms. The molecule has 3 unspecified atom stereocenters. The third-order valence-electron chi connectivity index (χ3n) is 6.10. The topological polar surface area (TPSA) is 129 Å². The predicted molar refractivity (Wildman–Crippen MR) is 151 cm³/mol. The molecule has 2 aromatic rings. The molecule has 0 saturated heterocycles. The Kier molecular flexibility index (Phi) is 11.1. The number of aliphatic hydroxyl groups excluding tert-OH is 3. The molecule has 0 fully saturated rings. The molecule has 0 heterocycles. The summed E-state index contributed by atoms with van der Waals surface area (Å²) in [5.41, 5.74) is 1.52. The van der Waals surface area contributed by atoms with E-state index in [0.29, 0.717) is 36.2 Å². The van der Waals surface area contributed by atoms with Gasteiger partial charge in [-0.25, -0.2) is 0 Å². The first kappa shape index (κ1) is 30.5. The maximum atomic E-state index is 12.9. The highest BCUT2D eigenvalue weighted by Crippen LogP contribution is 2.37. The van der Waals surface area contributed by atoms with Crippen LogP contribution in [0.3, 0.4) is 0 Å². The fourth-order valence-electron chi connectivity index (χ4n) is 4.19. The maximum Gasteiger partial charge on any atom is 0.247 e. The molecule has 4 N–H and O–H groups in total. The maximum absolute atomic E-state index is 12.9. The van der Waals surface area contributed by atoms with Crippen molar-refractivity contribution in [2.75, 3.05) is 20.3 Å². The number of amides is 2. The summed E-state index contributed by atoms with van der Waals surface area (Å²) in [5.74, 6) is -0.132. The Morgan fingerprint density at radius 3 is 2.55 bits per heavy atom. The molecular formula is C26H29Cl2IN2O7. The van der Waals surface area contributed by atoms with Crippen LogP contribution in [0.25, 0.3) is 0 Å². The third kappa shape index (κ3) is 7.30. The van der Waals surface area contributed by atoms with E-state index in [0.717, 1.165) is 0 Å². The summed E-state index contributed by atoms with van der Waals surface area (Å²) in [6.07, 6.45) is -0.705. The first-order valence-corrected chi connectivity index (χ1v) is 13.6. The first-order chi connectivity index (χ1) is 18.1. The van der Waals surface area contributed by atoms with Gasteiger partial charge in [-0.05, 0) is 64.1 Å². The Morgan fingerprint density at radius 2 is 1.95 bits per heavy atom. The number of methoxy groups -OCH3 is 1. The van der Waals surface area contributed by atoms with Gasteiger partial charge in [0.05, 0.1) is 29.9 Å². The summed E-state index contributed by atoms with van der Waals surface area (Å²) < 4.78 is 12.3. The number of nitrogens with one attached hydrogen (secondary N) is 1. The summed E-state index contributed by atoms with van der Waals surface area (Å²) >= 11 is 14.4. The minimum absolute atomic E-state index is 0.0417. The van der Waals surface area contributed by atoms with Gasteiger partial charge in [0.25, 0.3) is 0 Å². The Bertz CT molecular complexity index is 1210. The largest absolute Gasteiger partial charge is 0.493 e. The van der Waals surface area contributed by atoms with Crippen molar-refractivity contribution in [3.05, 3.63) is 66.7 Å². The molecule has 38 heavy (non-hydrogen) atoms. The lowest BCUT2D eigenvalue weighted by Gasteiger charge is -2.40. The van der Waals surface area contributed by atoms with Gasteiger partial charge in [-0.3, -0.25) is 9.59 Å². The number of rotatable bonds is 10. The van der Waals surface area contributed by atoms with Crippen LogP contribution >= 0.6 is 45.8 Å². The molecular weight excluding hydrogens is 650 g/mol. The lowest BCUT2D eigenvalue weighted by atomic mass is 9.88. The van der Waals surface area contributed by atoms with Crippen LogP contribution in [0.1, 0.15) is 24.5 Å². The minimum atomic E-state index is -1.22. The van der Waals surface area contributed by atoms with Gasteiger partial charge < -0.3 is 35.0 Å². The second-order valence-corrected chi connectivity index (χ2v) is 10.7. The van der Waals surface area contributed by atoms with Crippen LogP contribution in [-0.4, -0.2) is 70.5 Å². The van der Waals surface area contributed by atoms with Gasteiger partial charge in [0.15, 0.2) is 11.5 Å². The molecule has 0 radical (unpaired) electrons. The van der Waals surface area contributed by atoms with Crippen molar-refractivity contribution in [3.63, 3.8) is 0 Å². The normalized spacial score (nSPS) is 18.9. The van der Waals surface area contributed by atoms with Crippen LogP contribution in [-0.2, 0) is 22.7 Å². The molecule has 0 spiro atoms. The molecule has 9 nitrogen and oxygen atoms in total. The van der Waals surface area contributed by atoms with E-state index in [1.807, 2.05) is 22.6 Å². The van der Waals surface area contributed by atoms with Crippen molar-refractivity contribution < 1.29 is 34.4 Å². The Labute approximate surface area is 244 Å². The average Bonchev–Trinajstić information content (AvgIpc) is 2.88. The number of hydrogen-bond donors (Lipinski definition) is 4. The van der Waals surface area contributed by atoms with Gasteiger partial charge in [0, 0.05) is 42.1 Å². The van der Waals surface area contributed by atoms with Crippen molar-refractivity contribution in [2.45, 2.75) is 44.7 Å². The summed E-state index contributed by atoms with van der Waals surface area (Å²) in [6, 6.07) is 7.41. The number of carbonyl (C=O) groups excluding carboxylic acids is 2. The predicted octanol–water partition coefficient (Wildman–Crippen LogP) is 3.06. The van der Waals surface area contributed by atoms with E-state index in [1.165, 1.54) is 25.0 Å². The Hall–Kier alpha value is -2.09. The molecule has 3 rings (SSSR count). The lowest BCUT2D eigenvalue weighted by molar-refractivity contribution is -0.137. The van der Waals surface area contributed by atoms with Crippen LogP contribution in [0.2, 0.25) is 10.0 Å². The fourth-order valence-corrected chi connectivity index (χ4v) is 5.45. The summed E-state index contributed by atoms with van der Waals surface area (Å²) in [4.78, 5) is 27.2. The lowest BCUT2D eigenvalue weighted by Crippen LogP contribution is -2.54. The molecule has 2 aromatic carbocycles. The van der Waals surface area contributed by atoms with E-state index >= 15 is 0 Å². The molecule has 2 amide bonds. The van der Waals surface area contributed by atoms with Crippen LogP contribution in [0, 0.1) is 3.57 Å². The minimum Gasteiger partial charge on any atom is -0.493 e. The number of ether oxygens (including phenoxy) is 2. The second kappa shape index (κ2) is 13.8. The average molecular weight is 679 g/mol. The van der Waals surface area contributed by atoms with E-state index in [4.69, 9.17) is 37.8 Å². The van der Waals surface area contributed by atoms with E-state index in [1.54, 1.807) is 30.3 Å². The highest BCUT2D eigenvalue weighted by molar-refractivity contribution is 14.1. The second-order valence-electron chi connectivity index (χ2n) is 8.67. The van der Waals surface area contributed by atoms with Gasteiger partial charge in [-0.2, -0.15) is 0 Å². The Morgan fingerprint density at radius 1 is 1.21 bits per heavy atom. The summed E-state index contributed by atoms with van der Waals surface area (Å²) in [6.45, 7) is 1.04. The van der Waals surface area contributed by atoms with E-state index in [-0.39, 0.29) is 44.2 Å². The van der Waals surface area contributed by atoms with Crippen molar-refractivity contribution >= 4 is 57.6 Å². The smallest absolute Gasteiger partial charge is 0.247 e. The van der Waals surface area contributed by atoms with Crippen molar-refractivity contribution in [1.29, 1.82) is 0 Å². The molecule has 3 atom stereocenters. The van der Waals surface area contributed by atoms with Gasteiger partial charge in [-0.15, -0.1) is 0 Å². The molecule has 12 heteroatoms. The van der Waals surface area contributed by atoms with Gasteiger partial charge in [-0.1, -0.05) is 29.3 Å². The molecule has 206 valence electrons. The van der Waals surface area contributed by atoms with E-state index in [9.17, 15) is 19.8 Å².